The molecule has 0 bridgehead atoms. The summed E-state index contributed by atoms with van der Waals surface area (Å²) in [5.74, 6) is 0.481. The third-order valence-electron chi connectivity index (χ3n) is 8.71. The Morgan fingerprint density at radius 3 is 2.64 bits per heavy atom. The molecule has 0 saturated carbocycles. The summed E-state index contributed by atoms with van der Waals surface area (Å²) in [4.78, 5) is 31.2. The van der Waals surface area contributed by atoms with Crippen LogP contribution in [0, 0.1) is 0 Å². The van der Waals surface area contributed by atoms with Crippen LogP contribution >= 0.6 is 0 Å². The van der Waals surface area contributed by atoms with Crippen molar-refractivity contribution in [1.82, 2.24) is 24.0 Å². The maximum absolute atomic E-state index is 13.2. The Kier molecular flexibility index (Phi) is 7.65. The van der Waals surface area contributed by atoms with Crippen molar-refractivity contribution in [2.24, 2.45) is 0 Å². The molecule has 6 rings (SSSR count). The molecule has 0 aliphatic carbocycles. The van der Waals surface area contributed by atoms with E-state index in [4.69, 9.17) is 14.6 Å². The molecule has 3 aliphatic heterocycles. The molecule has 2 fully saturated rings. The Labute approximate surface area is 248 Å². The average molecular weight is 597 g/mol. The number of anilines is 2. The standard InChI is InChI=1S/C30H40N6O5S/c1-5-30(11-14-34(15-12-30)28(38)41-29(2,3)4)36-23-8-13-31-27(37)25(23)26(33-36)32-21-6-7-24-20(18-21)19-35(42(24)39)22-9-16-40-17-10-22/h6-8,13,18,22H,5,9-12,14-17,19H2,1-4H3,(H,31,37)(H,32,33). The molecule has 42 heavy (non-hydrogen) atoms. The van der Waals surface area contributed by atoms with Gasteiger partial charge in [0.2, 0.25) is 0 Å². The fourth-order valence-electron chi connectivity index (χ4n) is 6.35. The summed E-state index contributed by atoms with van der Waals surface area (Å²) < 4.78 is 28.4. The monoisotopic (exact) mass is 596 g/mol. The third kappa shape index (κ3) is 5.35. The van der Waals surface area contributed by atoms with Crippen LogP contribution in [-0.4, -0.2) is 72.2 Å². The molecule has 11 nitrogen and oxygen atoms in total. The Bertz CT molecular complexity index is 1560. The van der Waals surface area contributed by atoms with Crippen LogP contribution in [0.2, 0.25) is 0 Å². The van der Waals surface area contributed by atoms with Crippen LogP contribution in [0.15, 0.2) is 40.2 Å². The number of H-pyrrole nitrogens is 1. The molecule has 1 unspecified atom stereocenters. The summed E-state index contributed by atoms with van der Waals surface area (Å²) in [7, 11) is -1.19. The number of pyridine rings is 1. The summed E-state index contributed by atoms with van der Waals surface area (Å²) in [5.41, 5.74) is 1.44. The molecule has 226 valence electrons. The minimum absolute atomic E-state index is 0.216. The number of fused-ring (bicyclic) bond motifs is 2. The second-order valence-corrected chi connectivity index (χ2v) is 13.9. The third-order valence-corrected chi connectivity index (χ3v) is 10.3. The lowest BCUT2D eigenvalue weighted by atomic mass is 9.85. The summed E-state index contributed by atoms with van der Waals surface area (Å²) in [6.07, 6.45) is 5.30. The van der Waals surface area contributed by atoms with Crippen LogP contribution in [0.3, 0.4) is 0 Å². The van der Waals surface area contributed by atoms with Gasteiger partial charge in [-0.05, 0) is 82.7 Å². The minimum atomic E-state index is -1.19. The smallest absolute Gasteiger partial charge is 0.410 e. The van der Waals surface area contributed by atoms with Gasteiger partial charge in [-0.3, -0.25) is 9.48 Å². The van der Waals surface area contributed by atoms with E-state index < -0.39 is 16.6 Å². The van der Waals surface area contributed by atoms with Crippen LogP contribution in [0.4, 0.5) is 16.3 Å². The van der Waals surface area contributed by atoms with Crippen molar-refractivity contribution in [2.75, 3.05) is 31.6 Å². The number of aromatic amines is 1. The van der Waals surface area contributed by atoms with E-state index in [2.05, 4.69) is 21.5 Å². The first-order valence-electron chi connectivity index (χ1n) is 14.8. The minimum Gasteiger partial charge on any atom is -0.444 e. The first-order chi connectivity index (χ1) is 20.1. The molecule has 3 aromatic rings. The van der Waals surface area contributed by atoms with Gasteiger partial charge in [0.1, 0.15) is 22.0 Å². The highest BCUT2D eigenvalue weighted by Gasteiger charge is 2.40. The van der Waals surface area contributed by atoms with Gasteiger partial charge in [-0.15, -0.1) is 0 Å². The van der Waals surface area contributed by atoms with Crippen LogP contribution in [-0.2, 0) is 32.5 Å². The van der Waals surface area contributed by atoms with Gasteiger partial charge in [-0.2, -0.15) is 5.10 Å². The molecule has 0 radical (unpaired) electrons. The fraction of sp³-hybridized carbons (Fsp3) is 0.567. The number of rotatable bonds is 5. The number of likely N-dealkylation sites (tertiary alicyclic amines) is 1. The zero-order valence-corrected chi connectivity index (χ0v) is 25.6. The zero-order chi connectivity index (χ0) is 29.6. The van der Waals surface area contributed by atoms with Crippen LogP contribution in [0.5, 0.6) is 0 Å². The van der Waals surface area contributed by atoms with Gasteiger partial charge in [0.25, 0.3) is 5.56 Å². The van der Waals surface area contributed by atoms with Crippen molar-refractivity contribution < 1.29 is 18.5 Å². The van der Waals surface area contributed by atoms with E-state index >= 15 is 0 Å². The van der Waals surface area contributed by atoms with Gasteiger partial charge in [0, 0.05) is 50.8 Å². The van der Waals surface area contributed by atoms with Gasteiger partial charge in [0.05, 0.1) is 16.0 Å². The van der Waals surface area contributed by atoms with E-state index in [1.165, 1.54) is 0 Å². The molecular weight excluding hydrogens is 556 g/mol. The molecule has 1 aromatic carbocycles. The Morgan fingerprint density at radius 2 is 1.95 bits per heavy atom. The van der Waals surface area contributed by atoms with Crippen molar-refractivity contribution in [2.45, 2.75) is 88.4 Å². The van der Waals surface area contributed by atoms with Gasteiger partial charge in [-0.25, -0.2) is 13.3 Å². The Morgan fingerprint density at radius 1 is 1.21 bits per heavy atom. The topological polar surface area (TPSA) is 122 Å². The number of hydrogen-bond acceptors (Lipinski definition) is 7. The normalized spacial score (nSPS) is 21.4. The highest BCUT2D eigenvalue weighted by atomic mass is 32.2. The van der Waals surface area contributed by atoms with Gasteiger partial charge in [0.15, 0.2) is 5.82 Å². The second kappa shape index (κ2) is 11.1. The molecule has 1 atom stereocenters. The van der Waals surface area contributed by atoms with E-state index in [0.29, 0.717) is 56.9 Å². The molecular formula is C30H40N6O5S. The molecule has 2 aromatic heterocycles. The highest BCUT2D eigenvalue weighted by molar-refractivity contribution is 7.83. The van der Waals surface area contributed by atoms with E-state index in [1.807, 2.05) is 49.7 Å². The second-order valence-electron chi connectivity index (χ2n) is 12.5. The SMILES string of the molecule is CCC1(n2nc(Nc3ccc4c(c3)CN(C3CCOCC3)S4=O)c3c(=O)[nH]ccc32)CCN(C(=O)OC(C)(C)C)CC1. The van der Waals surface area contributed by atoms with Crippen molar-refractivity contribution in [3.05, 3.63) is 46.4 Å². The molecule has 3 aliphatic rings. The maximum Gasteiger partial charge on any atom is 0.410 e. The summed E-state index contributed by atoms with van der Waals surface area (Å²) in [5, 5.41) is 8.90. The zero-order valence-electron chi connectivity index (χ0n) is 24.8. The number of ether oxygens (including phenoxy) is 2. The summed E-state index contributed by atoms with van der Waals surface area (Å²) in [6.45, 7) is 10.8. The fourth-order valence-corrected chi connectivity index (χ4v) is 7.87. The molecule has 5 heterocycles. The van der Waals surface area contributed by atoms with Gasteiger partial charge >= 0.3 is 6.09 Å². The maximum atomic E-state index is 13.2. The van der Waals surface area contributed by atoms with Gasteiger partial charge in [-0.1, -0.05) is 6.92 Å². The largest absolute Gasteiger partial charge is 0.444 e. The lowest BCUT2D eigenvalue weighted by Gasteiger charge is -2.42. The number of carbonyl (C=O) groups is 1. The lowest BCUT2D eigenvalue weighted by Crippen LogP contribution is -2.49. The first-order valence-corrected chi connectivity index (χ1v) is 15.9. The Hall–Kier alpha value is -3.22. The van der Waals surface area contributed by atoms with Crippen LogP contribution < -0.4 is 10.9 Å². The van der Waals surface area contributed by atoms with E-state index in [-0.39, 0.29) is 23.2 Å². The van der Waals surface area contributed by atoms with Crippen molar-refractivity contribution in [3.63, 3.8) is 0 Å². The Balaban J connectivity index is 1.27. The molecule has 2 saturated heterocycles. The summed E-state index contributed by atoms with van der Waals surface area (Å²) >= 11 is 0. The van der Waals surface area contributed by atoms with Gasteiger partial charge < -0.3 is 24.7 Å². The number of benzene rings is 1. The molecule has 0 spiro atoms. The number of amides is 1. The number of piperidine rings is 1. The number of nitrogens with zero attached hydrogens (tertiary/aromatic N) is 4. The first kappa shape index (κ1) is 28.9. The lowest BCUT2D eigenvalue weighted by molar-refractivity contribution is 0.0101. The van der Waals surface area contributed by atoms with Crippen molar-refractivity contribution >= 4 is 39.5 Å². The number of carbonyl (C=O) groups excluding carboxylic acids is 1. The van der Waals surface area contributed by atoms with Crippen LogP contribution in [0.25, 0.3) is 10.9 Å². The van der Waals surface area contributed by atoms with E-state index in [0.717, 1.165) is 40.9 Å². The number of hydrogen-bond donors (Lipinski definition) is 2. The van der Waals surface area contributed by atoms with E-state index in [9.17, 15) is 13.8 Å². The number of aromatic nitrogens is 3. The van der Waals surface area contributed by atoms with Crippen molar-refractivity contribution in [3.8, 4) is 0 Å². The molecule has 1 amide bonds. The molecule has 2 N–H and O–H groups in total. The predicted molar refractivity (Wildman–Crippen MR) is 161 cm³/mol. The molecule has 12 heteroatoms. The van der Waals surface area contributed by atoms with E-state index in [1.54, 1.807) is 11.1 Å². The average Bonchev–Trinajstić information content (AvgIpc) is 3.51. The highest BCUT2D eigenvalue weighted by Crippen LogP contribution is 2.39. The quantitative estimate of drug-likeness (QED) is 0.441. The predicted octanol–water partition coefficient (Wildman–Crippen LogP) is 4.62. The van der Waals surface area contributed by atoms with Crippen molar-refractivity contribution in [1.29, 1.82) is 0 Å². The van der Waals surface area contributed by atoms with Crippen LogP contribution in [0.1, 0.15) is 65.4 Å². The number of nitrogens with one attached hydrogen (secondary N) is 2. The summed E-state index contributed by atoms with van der Waals surface area (Å²) in [6, 6.07) is 7.97.